The molecule has 0 radical (unpaired) electrons. The third-order valence-electron chi connectivity index (χ3n) is 2.96. The molecule has 0 heterocycles. The van der Waals surface area contributed by atoms with Gasteiger partial charge in [0.05, 0.1) is 11.4 Å². The standard InChI is InChI=1S/C17H21N3O2/c1-17(2,3)22-16(21)20-14-6-4-5-13(15(14)19)11-7-9-12(18)10-8-11/h4-10H,18-19H2,1-3H3,(H,20,21). The fourth-order valence-electron chi connectivity index (χ4n) is 2.00. The molecule has 0 unspecified atom stereocenters. The van der Waals surface area contributed by atoms with Crippen molar-refractivity contribution in [1.82, 2.24) is 0 Å². The lowest BCUT2D eigenvalue weighted by atomic mass is 10.0. The van der Waals surface area contributed by atoms with E-state index < -0.39 is 11.7 Å². The van der Waals surface area contributed by atoms with Crippen LogP contribution in [0.25, 0.3) is 11.1 Å². The summed E-state index contributed by atoms with van der Waals surface area (Å²) in [7, 11) is 0. The second-order valence-corrected chi connectivity index (χ2v) is 6.02. The summed E-state index contributed by atoms with van der Waals surface area (Å²) in [6.45, 7) is 5.42. The summed E-state index contributed by atoms with van der Waals surface area (Å²) in [5.74, 6) is 0. The van der Waals surface area contributed by atoms with Gasteiger partial charge in [-0.15, -0.1) is 0 Å². The molecule has 5 nitrogen and oxygen atoms in total. The molecule has 0 aliphatic heterocycles. The molecule has 0 spiro atoms. The van der Waals surface area contributed by atoms with E-state index in [9.17, 15) is 4.79 Å². The molecule has 2 aromatic rings. The van der Waals surface area contributed by atoms with Gasteiger partial charge < -0.3 is 16.2 Å². The predicted molar refractivity (Wildman–Crippen MR) is 90.6 cm³/mol. The van der Waals surface area contributed by atoms with Crippen LogP contribution in [0.4, 0.5) is 21.9 Å². The Hall–Kier alpha value is -2.69. The number of hydrogen-bond acceptors (Lipinski definition) is 4. The van der Waals surface area contributed by atoms with Crippen LogP contribution in [0.5, 0.6) is 0 Å². The molecule has 0 fully saturated rings. The summed E-state index contributed by atoms with van der Waals surface area (Å²) in [5.41, 5.74) is 14.7. The molecule has 0 atom stereocenters. The summed E-state index contributed by atoms with van der Waals surface area (Å²) < 4.78 is 5.24. The Bertz CT molecular complexity index is 673. The second kappa shape index (κ2) is 5.97. The van der Waals surface area contributed by atoms with E-state index in [1.807, 2.05) is 36.4 Å². The Balaban J connectivity index is 2.26. The van der Waals surface area contributed by atoms with Gasteiger partial charge in [0.2, 0.25) is 0 Å². The van der Waals surface area contributed by atoms with E-state index in [2.05, 4.69) is 5.32 Å². The van der Waals surface area contributed by atoms with Crippen LogP contribution in [0.1, 0.15) is 20.8 Å². The lowest BCUT2D eigenvalue weighted by Crippen LogP contribution is -2.27. The van der Waals surface area contributed by atoms with Gasteiger partial charge in [0.15, 0.2) is 0 Å². The van der Waals surface area contributed by atoms with Crippen molar-refractivity contribution in [2.24, 2.45) is 0 Å². The molecule has 0 aliphatic rings. The molecular weight excluding hydrogens is 278 g/mol. The van der Waals surface area contributed by atoms with E-state index in [0.29, 0.717) is 17.1 Å². The van der Waals surface area contributed by atoms with Gasteiger partial charge in [-0.3, -0.25) is 5.32 Å². The molecular formula is C17H21N3O2. The monoisotopic (exact) mass is 299 g/mol. The van der Waals surface area contributed by atoms with Gasteiger partial charge in [-0.2, -0.15) is 0 Å². The van der Waals surface area contributed by atoms with Crippen molar-refractivity contribution in [1.29, 1.82) is 0 Å². The topological polar surface area (TPSA) is 90.4 Å². The maximum Gasteiger partial charge on any atom is 0.412 e. The molecule has 2 rings (SSSR count). The minimum atomic E-state index is -0.562. The fourth-order valence-corrected chi connectivity index (χ4v) is 2.00. The van der Waals surface area contributed by atoms with Crippen molar-refractivity contribution >= 4 is 23.2 Å². The molecule has 0 saturated heterocycles. The third-order valence-corrected chi connectivity index (χ3v) is 2.96. The zero-order valence-electron chi connectivity index (χ0n) is 13.0. The summed E-state index contributed by atoms with van der Waals surface area (Å²) in [6, 6.07) is 12.8. The molecule has 22 heavy (non-hydrogen) atoms. The molecule has 0 bridgehead atoms. The quantitative estimate of drug-likeness (QED) is 0.734. The Morgan fingerprint density at radius 1 is 1.05 bits per heavy atom. The Morgan fingerprint density at radius 2 is 1.68 bits per heavy atom. The number of rotatable bonds is 2. The van der Waals surface area contributed by atoms with Crippen LogP contribution < -0.4 is 16.8 Å². The highest BCUT2D eigenvalue weighted by molar-refractivity contribution is 5.94. The number of para-hydroxylation sites is 1. The number of nitrogen functional groups attached to an aromatic ring is 2. The Kier molecular flexibility index (Phi) is 4.26. The lowest BCUT2D eigenvalue weighted by Gasteiger charge is -2.20. The van der Waals surface area contributed by atoms with Crippen molar-refractivity contribution in [2.45, 2.75) is 26.4 Å². The van der Waals surface area contributed by atoms with E-state index in [0.717, 1.165) is 11.1 Å². The molecule has 116 valence electrons. The van der Waals surface area contributed by atoms with Gasteiger partial charge in [-0.1, -0.05) is 24.3 Å². The van der Waals surface area contributed by atoms with Crippen molar-refractivity contribution in [3.05, 3.63) is 42.5 Å². The number of nitrogens with one attached hydrogen (secondary N) is 1. The number of anilines is 3. The molecule has 2 aromatic carbocycles. The van der Waals surface area contributed by atoms with Crippen LogP contribution in [-0.4, -0.2) is 11.7 Å². The Labute approximate surface area is 130 Å². The molecule has 5 N–H and O–H groups in total. The average Bonchev–Trinajstić information content (AvgIpc) is 2.40. The van der Waals surface area contributed by atoms with Gasteiger partial charge in [-0.05, 0) is 44.5 Å². The largest absolute Gasteiger partial charge is 0.444 e. The van der Waals surface area contributed by atoms with Crippen LogP contribution in [0.2, 0.25) is 0 Å². The summed E-state index contributed by atoms with van der Waals surface area (Å²) in [4.78, 5) is 11.9. The number of amides is 1. The highest BCUT2D eigenvalue weighted by Crippen LogP contribution is 2.32. The number of carbonyl (C=O) groups excluding carboxylic acids is 1. The lowest BCUT2D eigenvalue weighted by molar-refractivity contribution is 0.0636. The van der Waals surface area contributed by atoms with Gasteiger partial charge in [0.1, 0.15) is 5.60 Å². The van der Waals surface area contributed by atoms with Crippen LogP contribution >= 0.6 is 0 Å². The van der Waals surface area contributed by atoms with Crippen LogP contribution in [-0.2, 0) is 4.74 Å². The first-order chi connectivity index (χ1) is 10.3. The number of ether oxygens (including phenoxy) is 1. The normalized spacial score (nSPS) is 11.0. The van der Waals surface area contributed by atoms with Gasteiger partial charge in [0.25, 0.3) is 0 Å². The first kappa shape index (κ1) is 15.7. The number of benzene rings is 2. The van der Waals surface area contributed by atoms with Crippen molar-refractivity contribution in [3.63, 3.8) is 0 Å². The van der Waals surface area contributed by atoms with Crippen molar-refractivity contribution < 1.29 is 9.53 Å². The van der Waals surface area contributed by atoms with E-state index in [-0.39, 0.29) is 0 Å². The van der Waals surface area contributed by atoms with Gasteiger partial charge in [-0.25, -0.2) is 4.79 Å². The molecule has 0 aliphatic carbocycles. The first-order valence-corrected chi connectivity index (χ1v) is 7.01. The van der Waals surface area contributed by atoms with Crippen LogP contribution in [0.3, 0.4) is 0 Å². The van der Waals surface area contributed by atoms with E-state index in [1.165, 1.54) is 0 Å². The highest BCUT2D eigenvalue weighted by Gasteiger charge is 2.17. The van der Waals surface area contributed by atoms with Gasteiger partial charge in [0, 0.05) is 11.3 Å². The molecule has 0 aromatic heterocycles. The van der Waals surface area contributed by atoms with E-state index in [1.54, 1.807) is 26.8 Å². The second-order valence-electron chi connectivity index (χ2n) is 6.02. The zero-order chi connectivity index (χ0) is 16.3. The SMILES string of the molecule is CC(C)(C)OC(=O)Nc1cccc(-c2ccc(N)cc2)c1N. The molecule has 0 saturated carbocycles. The van der Waals surface area contributed by atoms with Crippen LogP contribution in [0, 0.1) is 0 Å². The summed E-state index contributed by atoms with van der Waals surface area (Å²) in [5, 5.41) is 2.68. The highest BCUT2D eigenvalue weighted by atomic mass is 16.6. The smallest absolute Gasteiger partial charge is 0.412 e. The minimum Gasteiger partial charge on any atom is -0.444 e. The summed E-state index contributed by atoms with van der Waals surface area (Å²) >= 11 is 0. The van der Waals surface area contributed by atoms with E-state index in [4.69, 9.17) is 16.2 Å². The molecule has 5 heteroatoms. The van der Waals surface area contributed by atoms with Crippen molar-refractivity contribution in [2.75, 3.05) is 16.8 Å². The maximum atomic E-state index is 11.9. The summed E-state index contributed by atoms with van der Waals surface area (Å²) in [6.07, 6.45) is -0.534. The Morgan fingerprint density at radius 3 is 2.27 bits per heavy atom. The first-order valence-electron chi connectivity index (χ1n) is 7.01. The minimum absolute atomic E-state index is 0.484. The average molecular weight is 299 g/mol. The third kappa shape index (κ3) is 3.91. The number of carbonyl (C=O) groups is 1. The zero-order valence-corrected chi connectivity index (χ0v) is 13.0. The van der Waals surface area contributed by atoms with E-state index >= 15 is 0 Å². The predicted octanol–water partition coefficient (Wildman–Crippen LogP) is 3.87. The van der Waals surface area contributed by atoms with Crippen LogP contribution in [0.15, 0.2) is 42.5 Å². The van der Waals surface area contributed by atoms with Crippen molar-refractivity contribution in [3.8, 4) is 11.1 Å². The number of nitrogens with two attached hydrogens (primary N) is 2. The maximum absolute atomic E-state index is 11.9. The molecule has 1 amide bonds. The fraction of sp³-hybridized carbons (Fsp3) is 0.235. The number of hydrogen-bond donors (Lipinski definition) is 3. The van der Waals surface area contributed by atoms with Gasteiger partial charge >= 0.3 is 6.09 Å².